The van der Waals surface area contributed by atoms with Crippen LogP contribution in [0.5, 0.6) is 0 Å². The average molecular weight is 317 g/mol. The van der Waals surface area contributed by atoms with Crippen LogP contribution in [0, 0.1) is 11.6 Å². The SMILES string of the molecule is CCC(C)NC(=O)C(Cc1ccc(F)cc1)c1ccc(F)cc1. The summed E-state index contributed by atoms with van der Waals surface area (Å²) >= 11 is 0. The number of hydrogen-bond donors (Lipinski definition) is 1. The Bertz CT molecular complexity index is 637. The molecule has 1 amide bonds. The van der Waals surface area contributed by atoms with Gasteiger partial charge in [-0.1, -0.05) is 31.2 Å². The Morgan fingerprint density at radius 2 is 1.52 bits per heavy atom. The molecule has 2 nitrogen and oxygen atoms in total. The highest BCUT2D eigenvalue weighted by molar-refractivity contribution is 5.84. The lowest BCUT2D eigenvalue weighted by molar-refractivity contribution is -0.123. The molecule has 0 heterocycles. The molecule has 1 N–H and O–H groups in total. The van der Waals surface area contributed by atoms with Crippen molar-refractivity contribution in [2.24, 2.45) is 0 Å². The summed E-state index contributed by atoms with van der Waals surface area (Å²) in [5, 5.41) is 2.97. The highest BCUT2D eigenvalue weighted by Gasteiger charge is 2.22. The third-order valence-electron chi connectivity index (χ3n) is 3.94. The number of carbonyl (C=O) groups is 1. The number of amides is 1. The van der Waals surface area contributed by atoms with Crippen molar-refractivity contribution < 1.29 is 13.6 Å². The van der Waals surface area contributed by atoms with Crippen LogP contribution in [0.15, 0.2) is 48.5 Å². The summed E-state index contributed by atoms with van der Waals surface area (Å²) in [5.74, 6) is -1.18. The van der Waals surface area contributed by atoms with Crippen molar-refractivity contribution in [2.75, 3.05) is 0 Å². The van der Waals surface area contributed by atoms with Crippen molar-refractivity contribution >= 4 is 5.91 Å². The first-order chi connectivity index (χ1) is 11.0. The number of hydrogen-bond acceptors (Lipinski definition) is 1. The summed E-state index contributed by atoms with van der Waals surface area (Å²) in [7, 11) is 0. The molecule has 0 radical (unpaired) electrons. The molecular weight excluding hydrogens is 296 g/mol. The summed E-state index contributed by atoms with van der Waals surface area (Å²) in [6, 6.07) is 12.1. The van der Waals surface area contributed by atoms with Gasteiger partial charge in [0.15, 0.2) is 0 Å². The zero-order valence-corrected chi connectivity index (χ0v) is 13.4. The minimum absolute atomic E-state index is 0.0682. The quantitative estimate of drug-likeness (QED) is 0.850. The van der Waals surface area contributed by atoms with Crippen LogP contribution >= 0.6 is 0 Å². The van der Waals surface area contributed by atoms with Gasteiger partial charge in [-0.15, -0.1) is 0 Å². The smallest absolute Gasteiger partial charge is 0.228 e. The molecule has 0 saturated carbocycles. The number of rotatable bonds is 6. The second kappa shape index (κ2) is 7.86. The molecule has 23 heavy (non-hydrogen) atoms. The Hall–Kier alpha value is -2.23. The van der Waals surface area contributed by atoms with Crippen molar-refractivity contribution in [3.8, 4) is 0 Å². The van der Waals surface area contributed by atoms with Gasteiger partial charge in [-0.3, -0.25) is 4.79 Å². The lowest BCUT2D eigenvalue weighted by Crippen LogP contribution is -2.36. The van der Waals surface area contributed by atoms with Crippen LogP contribution < -0.4 is 5.32 Å². The zero-order valence-electron chi connectivity index (χ0n) is 13.4. The molecule has 0 aromatic heterocycles. The van der Waals surface area contributed by atoms with Gasteiger partial charge in [0.05, 0.1) is 5.92 Å². The molecule has 2 atom stereocenters. The molecule has 0 spiro atoms. The Morgan fingerprint density at radius 3 is 2.04 bits per heavy atom. The van der Waals surface area contributed by atoms with E-state index in [4.69, 9.17) is 0 Å². The summed E-state index contributed by atoms with van der Waals surface area (Å²) in [4.78, 5) is 12.6. The zero-order chi connectivity index (χ0) is 16.8. The highest BCUT2D eigenvalue weighted by Crippen LogP contribution is 2.22. The molecule has 122 valence electrons. The molecule has 2 rings (SSSR count). The first kappa shape index (κ1) is 17.1. The first-order valence-corrected chi connectivity index (χ1v) is 7.80. The third-order valence-corrected chi connectivity index (χ3v) is 3.94. The van der Waals surface area contributed by atoms with Crippen molar-refractivity contribution in [3.63, 3.8) is 0 Å². The van der Waals surface area contributed by atoms with E-state index in [1.807, 2.05) is 13.8 Å². The van der Waals surface area contributed by atoms with E-state index >= 15 is 0 Å². The van der Waals surface area contributed by atoms with Gasteiger partial charge in [-0.2, -0.15) is 0 Å². The third kappa shape index (κ3) is 4.88. The van der Waals surface area contributed by atoms with Crippen molar-refractivity contribution in [1.82, 2.24) is 5.32 Å². The van der Waals surface area contributed by atoms with Crippen molar-refractivity contribution in [3.05, 3.63) is 71.3 Å². The Kier molecular flexibility index (Phi) is 5.85. The number of halogens is 2. The minimum atomic E-state index is -0.435. The van der Waals surface area contributed by atoms with E-state index < -0.39 is 5.92 Å². The number of carbonyl (C=O) groups excluding carboxylic acids is 1. The van der Waals surface area contributed by atoms with Crippen LogP contribution in [0.2, 0.25) is 0 Å². The van der Waals surface area contributed by atoms with Crippen LogP contribution in [0.4, 0.5) is 8.78 Å². The van der Waals surface area contributed by atoms with Crippen LogP contribution in [-0.4, -0.2) is 11.9 Å². The summed E-state index contributed by atoms with van der Waals surface area (Å²) < 4.78 is 26.2. The maximum absolute atomic E-state index is 13.1. The van der Waals surface area contributed by atoms with Crippen LogP contribution in [0.3, 0.4) is 0 Å². The van der Waals surface area contributed by atoms with Gasteiger partial charge in [0.2, 0.25) is 5.91 Å². The Morgan fingerprint density at radius 1 is 1.00 bits per heavy atom. The topological polar surface area (TPSA) is 29.1 Å². The van der Waals surface area contributed by atoms with Crippen molar-refractivity contribution in [1.29, 1.82) is 0 Å². The normalized spacial score (nSPS) is 13.4. The molecule has 0 bridgehead atoms. The fourth-order valence-corrected chi connectivity index (χ4v) is 2.36. The molecule has 2 unspecified atom stereocenters. The molecule has 0 aliphatic heterocycles. The predicted molar refractivity (Wildman–Crippen MR) is 87.1 cm³/mol. The van der Waals surface area contributed by atoms with Crippen LogP contribution in [0.25, 0.3) is 0 Å². The van der Waals surface area contributed by atoms with Gasteiger partial charge in [0, 0.05) is 6.04 Å². The van der Waals surface area contributed by atoms with Gasteiger partial charge in [-0.05, 0) is 55.2 Å². The first-order valence-electron chi connectivity index (χ1n) is 7.80. The van der Waals surface area contributed by atoms with Crippen molar-refractivity contribution in [2.45, 2.75) is 38.6 Å². The maximum Gasteiger partial charge on any atom is 0.228 e. The second-order valence-corrected chi connectivity index (χ2v) is 5.75. The van der Waals surface area contributed by atoms with Gasteiger partial charge >= 0.3 is 0 Å². The maximum atomic E-state index is 13.1. The van der Waals surface area contributed by atoms with E-state index in [1.165, 1.54) is 24.3 Å². The second-order valence-electron chi connectivity index (χ2n) is 5.75. The van der Waals surface area contributed by atoms with E-state index in [0.29, 0.717) is 6.42 Å². The molecule has 0 aliphatic carbocycles. The fraction of sp³-hybridized carbons (Fsp3) is 0.316. The molecule has 0 fully saturated rings. The molecule has 0 aliphatic rings. The Balaban J connectivity index is 2.24. The van der Waals surface area contributed by atoms with E-state index in [1.54, 1.807) is 24.3 Å². The minimum Gasteiger partial charge on any atom is -0.353 e. The highest BCUT2D eigenvalue weighted by atomic mass is 19.1. The predicted octanol–water partition coefficient (Wildman–Crippen LogP) is 4.21. The number of benzene rings is 2. The molecule has 2 aromatic carbocycles. The summed E-state index contributed by atoms with van der Waals surface area (Å²) in [6.45, 7) is 3.94. The van der Waals surface area contributed by atoms with Gasteiger partial charge in [0.25, 0.3) is 0 Å². The van der Waals surface area contributed by atoms with Gasteiger partial charge in [0.1, 0.15) is 11.6 Å². The lowest BCUT2D eigenvalue weighted by Gasteiger charge is -2.20. The van der Waals surface area contributed by atoms with Crippen LogP contribution in [-0.2, 0) is 11.2 Å². The fourth-order valence-electron chi connectivity index (χ4n) is 2.36. The van der Waals surface area contributed by atoms with E-state index in [0.717, 1.165) is 17.5 Å². The van der Waals surface area contributed by atoms with Gasteiger partial charge in [-0.25, -0.2) is 8.78 Å². The summed E-state index contributed by atoms with van der Waals surface area (Å²) in [6.07, 6.45) is 1.27. The van der Waals surface area contributed by atoms with E-state index in [-0.39, 0.29) is 23.6 Å². The van der Waals surface area contributed by atoms with E-state index in [2.05, 4.69) is 5.32 Å². The molecule has 0 saturated heterocycles. The molecule has 4 heteroatoms. The van der Waals surface area contributed by atoms with Crippen LogP contribution in [0.1, 0.15) is 37.3 Å². The molecule has 2 aromatic rings. The lowest BCUT2D eigenvalue weighted by atomic mass is 9.91. The van der Waals surface area contributed by atoms with Gasteiger partial charge < -0.3 is 5.32 Å². The molecular formula is C19H21F2NO. The number of nitrogens with one attached hydrogen (secondary N) is 1. The standard InChI is InChI=1S/C19H21F2NO/c1-3-13(2)22-19(23)18(15-6-10-17(21)11-7-15)12-14-4-8-16(20)9-5-14/h4-11,13,18H,3,12H2,1-2H3,(H,22,23). The average Bonchev–Trinajstić information content (AvgIpc) is 2.55. The summed E-state index contributed by atoms with van der Waals surface area (Å²) in [5.41, 5.74) is 1.61. The van der Waals surface area contributed by atoms with E-state index in [9.17, 15) is 13.6 Å². The monoisotopic (exact) mass is 317 g/mol. The Labute approximate surface area is 135 Å². The largest absolute Gasteiger partial charge is 0.353 e.